The van der Waals surface area contributed by atoms with E-state index in [0.717, 1.165) is 5.65 Å². The van der Waals surface area contributed by atoms with Crippen LogP contribution in [0.4, 0.5) is 0 Å². The predicted octanol–water partition coefficient (Wildman–Crippen LogP) is 1.49. The average molecular weight is 289 g/mol. The third-order valence-corrected chi connectivity index (χ3v) is 3.55. The molecule has 2 aromatic rings. The highest BCUT2D eigenvalue weighted by molar-refractivity contribution is 5.84. The molecule has 1 amide bonds. The molecule has 0 aromatic carbocycles. The number of pyridine rings is 1. The first kappa shape index (κ1) is 15.0. The van der Waals surface area contributed by atoms with E-state index in [1.807, 2.05) is 42.6 Å². The molecule has 0 aliphatic rings. The molecule has 2 N–H and O–H groups in total. The zero-order chi connectivity index (χ0) is 15.4. The van der Waals surface area contributed by atoms with Gasteiger partial charge in [-0.05, 0) is 18.1 Å². The van der Waals surface area contributed by atoms with Crippen LogP contribution in [0.1, 0.15) is 26.0 Å². The van der Waals surface area contributed by atoms with Crippen molar-refractivity contribution < 1.29 is 14.7 Å². The maximum absolute atomic E-state index is 12.0. The number of aliphatic carboxylic acids is 1. The van der Waals surface area contributed by atoms with Crippen molar-refractivity contribution in [2.45, 2.75) is 32.7 Å². The lowest BCUT2D eigenvalue weighted by atomic mass is 9.99. The number of carbonyl (C=O) groups excluding carboxylic acids is 1. The Morgan fingerprint density at radius 2 is 2.19 bits per heavy atom. The molecule has 2 aromatic heterocycles. The van der Waals surface area contributed by atoms with Gasteiger partial charge in [0, 0.05) is 12.4 Å². The van der Waals surface area contributed by atoms with Gasteiger partial charge in [-0.1, -0.05) is 26.3 Å². The van der Waals surface area contributed by atoms with Gasteiger partial charge in [-0.15, -0.1) is 0 Å². The summed E-state index contributed by atoms with van der Waals surface area (Å²) in [7, 11) is 0. The Labute approximate surface area is 122 Å². The number of carboxylic acids is 1. The summed E-state index contributed by atoms with van der Waals surface area (Å²) in [5, 5.41) is 11.7. The Bertz CT molecular complexity index is 617. The first-order valence-electron chi connectivity index (χ1n) is 6.96. The summed E-state index contributed by atoms with van der Waals surface area (Å²) in [6.07, 6.45) is 4.38. The highest BCUT2D eigenvalue weighted by Crippen LogP contribution is 2.09. The Hall–Kier alpha value is -2.37. The smallest absolute Gasteiger partial charge is 0.326 e. The number of fused-ring (bicyclic) bond motifs is 1. The number of nitrogens with zero attached hydrogens (tertiary/aromatic N) is 2. The van der Waals surface area contributed by atoms with Gasteiger partial charge < -0.3 is 14.8 Å². The molecular weight excluding hydrogens is 270 g/mol. The van der Waals surface area contributed by atoms with Gasteiger partial charge in [0.25, 0.3) is 0 Å². The number of carbonyl (C=O) groups is 2. The van der Waals surface area contributed by atoms with Crippen LogP contribution >= 0.6 is 0 Å². The molecule has 2 atom stereocenters. The molecule has 0 saturated carbocycles. The van der Waals surface area contributed by atoms with Gasteiger partial charge in [0.05, 0.1) is 12.1 Å². The Kier molecular flexibility index (Phi) is 4.57. The van der Waals surface area contributed by atoms with E-state index in [-0.39, 0.29) is 18.2 Å². The van der Waals surface area contributed by atoms with Crippen LogP contribution in [-0.2, 0) is 16.0 Å². The van der Waals surface area contributed by atoms with Crippen LogP contribution in [-0.4, -0.2) is 32.4 Å². The second-order valence-electron chi connectivity index (χ2n) is 5.14. The number of amides is 1. The number of nitrogens with one attached hydrogen (secondary N) is 1. The largest absolute Gasteiger partial charge is 0.480 e. The second-order valence-corrected chi connectivity index (χ2v) is 5.14. The maximum atomic E-state index is 12.0. The SMILES string of the molecule is CC[C@H](C)[C@H](NC(=O)Cc1cn2ccccc2n1)C(=O)O. The van der Waals surface area contributed by atoms with Crippen molar-refractivity contribution in [3.05, 3.63) is 36.3 Å². The number of imidazole rings is 1. The van der Waals surface area contributed by atoms with Crippen molar-refractivity contribution in [2.24, 2.45) is 5.92 Å². The molecular formula is C15H19N3O3. The summed E-state index contributed by atoms with van der Waals surface area (Å²) >= 11 is 0. The van der Waals surface area contributed by atoms with Gasteiger partial charge in [0.1, 0.15) is 11.7 Å². The van der Waals surface area contributed by atoms with E-state index in [1.165, 1.54) is 0 Å². The van der Waals surface area contributed by atoms with Crippen molar-refractivity contribution in [3.63, 3.8) is 0 Å². The third-order valence-electron chi connectivity index (χ3n) is 3.55. The molecule has 0 radical (unpaired) electrons. The van der Waals surface area contributed by atoms with E-state index in [9.17, 15) is 9.59 Å². The zero-order valence-corrected chi connectivity index (χ0v) is 12.1. The van der Waals surface area contributed by atoms with Gasteiger partial charge >= 0.3 is 5.97 Å². The molecule has 2 heterocycles. The minimum atomic E-state index is -1.01. The Morgan fingerprint density at radius 1 is 1.43 bits per heavy atom. The molecule has 0 unspecified atom stereocenters. The Balaban J connectivity index is 2.05. The van der Waals surface area contributed by atoms with Crippen molar-refractivity contribution in [1.29, 1.82) is 0 Å². The Morgan fingerprint density at radius 3 is 2.81 bits per heavy atom. The summed E-state index contributed by atoms with van der Waals surface area (Å²) in [6.45, 7) is 3.71. The fraction of sp³-hybridized carbons (Fsp3) is 0.400. The van der Waals surface area contributed by atoms with Crippen LogP contribution in [0.25, 0.3) is 5.65 Å². The maximum Gasteiger partial charge on any atom is 0.326 e. The molecule has 0 aliphatic carbocycles. The minimum absolute atomic E-state index is 0.0713. The molecule has 21 heavy (non-hydrogen) atoms. The lowest BCUT2D eigenvalue weighted by Crippen LogP contribution is -2.45. The van der Waals surface area contributed by atoms with Crippen LogP contribution in [0.2, 0.25) is 0 Å². The summed E-state index contributed by atoms with van der Waals surface area (Å²) in [4.78, 5) is 27.5. The van der Waals surface area contributed by atoms with Gasteiger partial charge in [0.2, 0.25) is 5.91 Å². The van der Waals surface area contributed by atoms with E-state index in [4.69, 9.17) is 5.11 Å². The molecule has 0 spiro atoms. The lowest BCUT2D eigenvalue weighted by molar-refractivity contribution is -0.143. The first-order valence-corrected chi connectivity index (χ1v) is 6.96. The number of rotatable bonds is 6. The van der Waals surface area contributed by atoms with E-state index in [1.54, 1.807) is 6.20 Å². The van der Waals surface area contributed by atoms with E-state index < -0.39 is 12.0 Å². The first-order chi connectivity index (χ1) is 10.0. The molecule has 112 valence electrons. The molecule has 0 fully saturated rings. The molecule has 6 heteroatoms. The minimum Gasteiger partial charge on any atom is -0.480 e. The summed E-state index contributed by atoms with van der Waals surface area (Å²) in [6, 6.07) is 4.73. The van der Waals surface area contributed by atoms with Crippen molar-refractivity contribution in [3.8, 4) is 0 Å². The molecule has 0 aliphatic heterocycles. The monoisotopic (exact) mass is 289 g/mol. The summed E-state index contributed by atoms with van der Waals surface area (Å²) in [5.74, 6) is -1.45. The fourth-order valence-corrected chi connectivity index (χ4v) is 2.14. The third kappa shape index (κ3) is 3.59. The average Bonchev–Trinajstić information content (AvgIpc) is 2.85. The van der Waals surface area contributed by atoms with E-state index >= 15 is 0 Å². The molecule has 0 saturated heterocycles. The number of aromatic nitrogens is 2. The zero-order valence-electron chi connectivity index (χ0n) is 12.1. The number of carboxylic acid groups (broad SMARTS) is 1. The highest BCUT2D eigenvalue weighted by atomic mass is 16.4. The summed E-state index contributed by atoms with van der Waals surface area (Å²) < 4.78 is 1.83. The van der Waals surface area contributed by atoms with Gasteiger partial charge in [-0.25, -0.2) is 9.78 Å². The number of hydrogen-bond acceptors (Lipinski definition) is 3. The lowest BCUT2D eigenvalue weighted by Gasteiger charge is -2.19. The van der Waals surface area contributed by atoms with Crippen LogP contribution in [0, 0.1) is 5.92 Å². The molecule has 2 rings (SSSR count). The van der Waals surface area contributed by atoms with Gasteiger partial charge in [-0.3, -0.25) is 4.79 Å². The van der Waals surface area contributed by atoms with E-state index in [2.05, 4.69) is 10.3 Å². The van der Waals surface area contributed by atoms with Crippen molar-refractivity contribution in [2.75, 3.05) is 0 Å². The van der Waals surface area contributed by atoms with Gasteiger partial charge in [-0.2, -0.15) is 0 Å². The standard InChI is InChI=1S/C15H19N3O3/c1-3-10(2)14(15(20)21)17-13(19)8-11-9-18-7-5-4-6-12(18)16-11/h4-7,9-10,14H,3,8H2,1-2H3,(H,17,19)(H,20,21)/t10-,14-/m0/s1. The topological polar surface area (TPSA) is 83.7 Å². The highest BCUT2D eigenvalue weighted by Gasteiger charge is 2.25. The van der Waals surface area contributed by atoms with Crippen LogP contribution in [0.3, 0.4) is 0 Å². The summed E-state index contributed by atoms with van der Waals surface area (Å²) in [5.41, 5.74) is 1.38. The van der Waals surface area contributed by atoms with Crippen LogP contribution in [0.5, 0.6) is 0 Å². The van der Waals surface area contributed by atoms with Gasteiger partial charge in [0.15, 0.2) is 0 Å². The normalized spacial score (nSPS) is 13.8. The number of hydrogen-bond donors (Lipinski definition) is 2. The van der Waals surface area contributed by atoms with E-state index in [0.29, 0.717) is 12.1 Å². The fourth-order valence-electron chi connectivity index (χ4n) is 2.14. The predicted molar refractivity (Wildman–Crippen MR) is 77.9 cm³/mol. The van der Waals surface area contributed by atoms with Crippen LogP contribution in [0.15, 0.2) is 30.6 Å². The second kappa shape index (κ2) is 6.39. The quantitative estimate of drug-likeness (QED) is 0.844. The molecule has 0 bridgehead atoms. The molecule has 6 nitrogen and oxygen atoms in total. The van der Waals surface area contributed by atoms with Crippen LogP contribution < -0.4 is 5.32 Å². The van der Waals surface area contributed by atoms with Crippen molar-refractivity contribution in [1.82, 2.24) is 14.7 Å². The van der Waals surface area contributed by atoms with Crippen molar-refractivity contribution >= 4 is 17.5 Å².